The maximum Gasteiger partial charge on any atom is 0.0936 e. The zero-order chi connectivity index (χ0) is 43.0. The van der Waals surface area contributed by atoms with E-state index in [9.17, 15) is 0 Å². The topological polar surface area (TPSA) is 40.2 Å². The normalized spacial score (nSPS) is 28.4. The van der Waals surface area contributed by atoms with Crippen LogP contribution in [0, 0.1) is 46.8 Å². The third-order valence-corrected chi connectivity index (χ3v) is 16.1. The van der Waals surface area contributed by atoms with Crippen molar-refractivity contribution in [3.63, 3.8) is 0 Å². The molecular formula is C56H99NO4. The van der Waals surface area contributed by atoms with Gasteiger partial charge in [0.1, 0.15) is 0 Å². The van der Waals surface area contributed by atoms with Gasteiger partial charge in [-0.25, -0.2) is 0 Å². The molecule has 0 N–H and O–H groups in total. The molecule has 0 aromatic rings. The molecule has 0 bridgehead atoms. The highest BCUT2D eigenvalue weighted by Crippen LogP contribution is 2.58. The lowest BCUT2D eigenvalue weighted by atomic mass is 9.56. The molecule has 1 aliphatic heterocycles. The molecule has 8 atom stereocenters. The lowest BCUT2D eigenvalue weighted by Gasteiger charge is -2.50. The summed E-state index contributed by atoms with van der Waals surface area (Å²) < 4.78 is 25.2. The van der Waals surface area contributed by atoms with Gasteiger partial charge in [-0.15, -0.1) is 0 Å². The Morgan fingerprint density at radius 1 is 0.689 bits per heavy atom. The molecule has 1 heterocycles. The van der Waals surface area contributed by atoms with Crippen LogP contribution in [-0.4, -0.2) is 76.4 Å². The van der Waals surface area contributed by atoms with Gasteiger partial charge in [0.05, 0.1) is 45.2 Å². The molecule has 0 aromatic heterocycles. The predicted molar refractivity (Wildman–Crippen MR) is 259 cm³/mol. The molecule has 0 spiro atoms. The molecule has 4 fully saturated rings. The quantitative estimate of drug-likeness (QED) is 0.0498. The van der Waals surface area contributed by atoms with E-state index in [4.69, 9.17) is 18.9 Å². The monoisotopic (exact) mass is 850 g/mol. The molecule has 4 aliphatic carbocycles. The lowest BCUT2D eigenvalue weighted by molar-refractivity contribution is -0.0643. The van der Waals surface area contributed by atoms with Crippen LogP contribution in [0.2, 0.25) is 0 Å². The Balaban J connectivity index is 0.893. The summed E-state index contributed by atoms with van der Waals surface area (Å²) in [6.45, 7) is 19.3. The van der Waals surface area contributed by atoms with E-state index in [1.807, 2.05) is 0 Å². The second kappa shape index (κ2) is 29.5. The number of hydrogen-bond donors (Lipinski definition) is 0. The zero-order valence-electron chi connectivity index (χ0n) is 40.9. The summed E-state index contributed by atoms with van der Waals surface area (Å²) in [5.41, 5.74) is 2.21. The number of allylic oxidation sites excluding steroid dienone is 5. The number of piperidine rings is 1. The van der Waals surface area contributed by atoms with Crippen LogP contribution < -0.4 is 0 Å². The molecular weight excluding hydrogens is 751 g/mol. The van der Waals surface area contributed by atoms with Gasteiger partial charge in [-0.1, -0.05) is 135 Å². The number of ether oxygens (including phenoxy) is 4. The maximum atomic E-state index is 6.47. The number of nitrogens with zero attached hydrogens (tertiary/aromatic N) is 1. The fourth-order valence-electron chi connectivity index (χ4n) is 12.3. The van der Waals surface area contributed by atoms with Crippen molar-refractivity contribution in [2.24, 2.45) is 46.8 Å². The summed E-state index contributed by atoms with van der Waals surface area (Å²) in [5.74, 6) is 6.73. The van der Waals surface area contributed by atoms with Crippen LogP contribution in [0.3, 0.4) is 0 Å². The third kappa shape index (κ3) is 19.2. The SMILES string of the molecule is CCCCC/C=C\C/C=C\CCCCCCCCOCC(CN1CCC(C)(C)CC1)OCCOCCO[C@H]1CCC2C(=CCC3C2CCC2C3CC[C@@H]2CCCCC(C)C)C1. The maximum absolute atomic E-state index is 6.47. The van der Waals surface area contributed by atoms with Gasteiger partial charge in [-0.2, -0.15) is 0 Å². The summed E-state index contributed by atoms with van der Waals surface area (Å²) in [4.78, 5) is 2.59. The van der Waals surface area contributed by atoms with Crippen molar-refractivity contribution in [3.8, 4) is 0 Å². The largest absolute Gasteiger partial charge is 0.379 e. The van der Waals surface area contributed by atoms with Gasteiger partial charge in [0.15, 0.2) is 0 Å². The first-order chi connectivity index (χ1) is 29.8. The smallest absolute Gasteiger partial charge is 0.0936 e. The van der Waals surface area contributed by atoms with Crippen LogP contribution in [0.1, 0.15) is 202 Å². The highest BCUT2D eigenvalue weighted by atomic mass is 16.6. The molecule has 5 heteroatoms. The summed E-state index contributed by atoms with van der Waals surface area (Å²) in [6.07, 6.45) is 47.4. The Morgan fingerprint density at radius 2 is 1.41 bits per heavy atom. The second-order valence-corrected chi connectivity index (χ2v) is 21.9. The summed E-state index contributed by atoms with van der Waals surface area (Å²) in [7, 11) is 0. The van der Waals surface area contributed by atoms with E-state index in [0.717, 1.165) is 86.9 Å². The van der Waals surface area contributed by atoms with Gasteiger partial charge in [-0.3, -0.25) is 0 Å². The third-order valence-electron chi connectivity index (χ3n) is 16.1. The van der Waals surface area contributed by atoms with Gasteiger partial charge < -0.3 is 23.8 Å². The summed E-state index contributed by atoms with van der Waals surface area (Å²) >= 11 is 0. The van der Waals surface area contributed by atoms with Gasteiger partial charge in [0.25, 0.3) is 0 Å². The molecule has 0 aromatic carbocycles. The molecule has 5 rings (SSSR count). The van der Waals surface area contributed by atoms with Gasteiger partial charge in [-0.05, 0) is 163 Å². The number of hydrogen-bond acceptors (Lipinski definition) is 5. The van der Waals surface area contributed by atoms with E-state index in [0.29, 0.717) is 44.6 Å². The van der Waals surface area contributed by atoms with Gasteiger partial charge in [0.2, 0.25) is 0 Å². The molecule has 5 aliphatic rings. The molecule has 5 nitrogen and oxygen atoms in total. The summed E-state index contributed by atoms with van der Waals surface area (Å²) in [6, 6.07) is 0. The number of unbranched alkanes of at least 4 members (excludes halogenated alkanes) is 10. The fraction of sp³-hybridized carbons (Fsp3) is 0.893. The van der Waals surface area contributed by atoms with Crippen molar-refractivity contribution in [3.05, 3.63) is 36.0 Å². The minimum atomic E-state index is 0.105. The van der Waals surface area contributed by atoms with Gasteiger partial charge in [0, 0.05) is 13.2 Å². The van der Waals surface area contributed by atoms with E-state index >= 15 is 0 Å². The first kappa shape index (κ1) is 51.0. The molecule has 6 unspecified atom stereocenters. The van der Waals surface area contributed by atoms with Crippen LogP contribution in [-0.2, 0) is 18.9 Å². The Bertz CT molecular complexity index is 1210. The highest BCUT2D eigenvalue weighted by molar-refractivity contribution is 5.19. The van der Waals surface area contributed by atoms with Crippen LogP contribution >= 0.6 is 0 Å². The van der Waals surface area contributed by atoms with Crippen molar-refractivity contribution in [2.45, 2.75) is 214 Å². The molecule has 0 amide bonds. The van der Waals surface area contributed by atoms with Crippen LogP contribution in [0.25, 0.3) is 0 Å². The van der Waals surface area contributed by atoms with Crippen molar-refractivity contribution in [2.75, 3.05) is 59.3 Å². The first-order valence-corrected chi connectivity index (χ1v) is 26.9. The van der Waals surface area contributed by atoms with E-state index in [2.05, 4.69) is 69.9 Å². The zero-order valence-corrected chi connectivity index (χ0v) is 40.9. The van der Waals surface area contributed by atoms with Crippen molar-refractivity contribution in [1.82, 2.24) is 4.90 Å². The number of fused-ring (bicyclic) bond motifs is 5. The first-order valence-electron chi connectivity index (χ1n) is 26.9. The minimum absolute atomic E-state index is 0.105. The van der Waals surface area contributed by atoms with E-state index in [1.54, 1.807) is 5.57 Å². The second-order valence-electron chi connectivity index (χ2n) is 21.9. The average Bonchev–Trinajstić information content (AvgIpc) is 3.68. The molecule has 61 heavy (non-hydrogen) atoms. The predicted octanol–water partition coefficient (Wildman–Crippen LogP) is 14.7. The lowest BCUT2D eigenvalue weighted by Crippen LogP contribution is -2.43. The van der Waals surface area contributed by atoms with Crippen LogP contribution in [0.5, 0.6) is 0 Å². The standard InChI is InChI=1S/C56H99NO4/c1-6-7-8-9-10-11-12-13-14-15-16-17-18-19-20-23-38-59-45-50(44-57-36-34-56(4,5)35-37-57)61-42-40-58-39-41-60-49-28-31-52-48(43-49)27-30-55-53-29-26-47(25-22-21-24-46(2)3)51(53)32-33-54(52)55/h10-11,13-14,27,46-47,49-55H,6-9,12,15-26,28-45H2,1-5H3/b11-10-,14-13-/t47-,49-,50?,51?,52?,53?,54?,55?/m0/s1. The van der Waals surface area contributed by atoms with E-state index in [1.165, 1.54) is 148 Å². The summed E-state index contributed by atoms with van der Waals surface area (Å²) in [5, 5.41) is 0. The van der Waals surface area contributed by atoms with Crippen molar-refractivity contribution in [1.29, 1.82) is 0 Å². The molecule has 1 saturated heterocycles. The number of likely N-dealkylation sites (tertiary alicyclic amines) is 1. The minimum Gasteiger partial charge on any atom is -0.379 e. The van der Waals surface area contributed by atoms with Gasteiger partial charge >= 0.3 is 0 Å². The highest BCUT2D eigenvalue weighted by Gasteiger charge is 2.49. The van der Waals surface area contributed by atoms with Crippen LogP contribution in [0.4, 0.5) is 0 Å². The van der Waals surface area contributed by atoms with E-state index in [-0.39, 0.29) is 6.10 Å². The molecule has 352 valence electrons. The Kier molecular flexibility index (Phi) is 24.7. The Morgan fingerprint density at radius 3 is 2.20 bits per heavy atom. The average molecular weight is 850 g/mol. The number of rotatable bonds is 32. The Labute approximate surface area is 378 Å². The van der Waals surface area contributed by atoms with Crippen molar-refractivity contribution >= 4 is 0 Å². The molecule has 0 radical (unpaired) electrons. The fourth-order valence-corrected chi connectivity index (χ4v) is 12.3. The van der Waals surface area contributed by atoms with E-state index < -0.39 is 0 Å². The van der Waals surface area contributed by atoms with Crippen molar-refractivity contribution < 1.29 is 18.9 Å². The molecule has 3 saturated carbocycles. The Hall–Kier alpha value is -0.980. The van der Waals surface area contributed by atoms with Crippen LogP contribution in [0.15, 0.2) is 36.0 Å².